The predicted octanol–water partition coefficient (Wildman–Crippen LogP) is 6.17. The maximum atomic E-state index is 13.8. The first-order valence-corrected chi connectivity index (χ1v) is 14.4. The average Bonchev–Trinajstić information content (AvgIpc) is 3.41. The molecule has 0 aliphatic rings. The lowest BCUT2D eigenvalue weighted by molar-refractivity contribution is -0.138. The predicted molar refractivity (Wildman–Crippen MR) is 166 cm³/mol. The van der Waals surface area contributed by atoms with Gasteiger partial charge in [0.05, 0.1) is 23.5 Å². The number of nitrogens with one attached hydrogen (secondary N) is 1. The third-order valence-corrected chi connectivity index (χ3v) is 7.67. The van der Waals surface area contributed by atoms with Gasteiger partial charge in [0.2, 0.25) is 0 Å². The summed E-state index contributed by atoms with van der Waals surface area (Å²) in [5, 5.41) is 12.3. The summed E-state index contributed by atoms with van der Waals surface area (Å²) in [6.45, 7) is 0.239. The van der Waals surface area contributed by atoms with Crippen LogP contribution in [0.25, 0.3) is 0 Å². The molecule has 4 aromatic rings. The molecule has 7 nitrogen and oxygen atoms in total. The molecule has 1 atom stereocenters. The second kappa shape index (κ2) is 14.4. The summed E-state index contributed by atoms with van der Waals surface area (Å²) in [6.07, 6.45) is -1.31. The summed E-state index contributed by atoms with van der Waals surface area (Å²) in [7, 11) is 0. The Hall–Kier alpha value is -4.05. The lowest BCUT2D eigenvalue weighted by atomic mass is 9.99. The number of nitriles is 1. The number of hydrogen-bond donors (Lipinski definition) is 2. The van der Waals surface area contributed by atoms with Crippen molar-refractivity contribution in [1.29, 1.82) is 5.26 Å². The molecule has 0 bridgehead atoms. The molecule has 0 unspecified atom stereocenters. The van der Waals surface area contributed by atoms with Gasteiger partial charge in [-0.2, -0.15) is 18.4 Å². The number of rotatable bonds is 11. The van der Waals surface area contributed by atoms with Crippen molar-refractivity contribution >= 4 is 44.7 Å². The van der Waals surface area contributed by atoms with Gasteiger partial charge in [0, 0.05) is 60.6 Å². The van der Waals surface area contributed by atoms with Crippen LogP contribution in [-0.4, -0.2) is 38.4 Å². The van der Waals surface area contributed by atoms with Crippen LogP contribution >= 0.6 is 28.1 Å². The minimum atomic E-state index is -4.56. The number of alkyl halides is 3. The van der Waals surface area contributed by atoms with Gasteiger partial charge in [-0.15, -0.1) is 0 Å². The van der Waals surface area contributed by atoms with E-state index in [2.05, 4.69) is 32.3 Å². The number of nitrogens with two attached hydrogens (primary N) is 1. The lowest BCUT2D eigenvalue weighted by Gasteiger charge is -2.30. The van der Waals surface area contributed by atoms with Crippen LogP contribution in [-0.2, 0) is 30.5 Å². The van der Waals surface area contributed by atoms with Crippen LogP contribution in [0.2, 0.25) is 0 Å². The fraction of sp³-hybridized carbons (Fsp3) is 0.226. The smallest absolute Gasteiger partial charge is 0.344 e. The monoisotopic (exact) mass is 668 g/mol. The SMILES string of the molecule is N#Cc1ccc(Cn2cncc2CC(=O)[C@@H](CN)CN(Cc2ccccc2C(F)(F)F)C(=S)Nc2cccc(Br)c2)cc1. The highest BCUT2D eigenvalue weighted by Gasteiger charge is 2.34. The first kappa shape index (κ1) is 31.9. The third kappa shape index (κ3) is 8.73. The molecule has 0 fully saturated rings. The summed E-state index contributed by atoms with van der Waals surface area (Å²) in [4.78, 5) is 19.3. The largest absolute Gasteiger partial charge is 0.416 e. The quantitative estimate of drug-likeness (QED) is 0.184. The highest BCUT2D eigenvalue weighted by molar-refractivity contribution is 9.10. The average molecular weight is 670 g/mol. The molecule has 0 radical (unpaired) electrons. The number of ketones is 1. The molecule has 12 heteroatoms. The number of carbonyl (C=O) groups excluding carboxylic acids is 1. The van der Waals surface area contributed by atoms with Gasteiger partial charge in [0.15, 0.2) is 5.11 Å². The summed E-state index contributed by atoms with van der Waals surface area (Å²) in [5.41, 5.74) is 8.09. The van der Waals surface area contributed by atoms with Crippen molar-refractivity contribution in [3.05, 3.63) is 118 Å². The van der Waals surface area contributed by atoms with Crippen molar-refractivity contribution in [2.24, 2.45) is 11.7 Å². The number of thiocarbonyl (C=S) groups is 1. The van der Waals surface area contributed by atoms with Gasteiger partial charge in [-0.25, -0.2) is 4.98 Å². The van der Waals surface area contributed by atoms with Gasteiger partial charge in [-0.3, -0.25) is 4.79 Å². The van der Waals surface area contributed by atoms with Crippen molar-refractivity contribution in [3.8, 4) is 6.07 Å². The Labute approximate surface area is 261 Å². The molecule has 1 aromatic heterocycles. The maximum Gasteiger partial charge on any atom is 0.416 e. The lowest BCUT2D eigenvalue weighted by Crippen LogP contribution is -2.43. The molecule has 222 valence electrons. The van der Waals surface area contributed by atoms with Crippen LogP contribution in [0.3, 0.4) is 0 Å². The zero-order valence-corrected chi connectivity index (χ0v) is 25.3. The molecule has 43 heavy (non-hydrogen) atoms. The number of halogens is 4. The van der Waals surface area contributed by atoms with Gasteiger partial charge in [-0.05, 0) is 59.7 Å². The van der Waals surface area contributed by atoms with Crippen LogP contribution in [0.15, 0.2) is 89.8 Å². The number of benzene rings is 3. The number of nitrogens with zero attached hydrogens (tertiary/aromatic N) is 4. The Balaban J connectivity index is 1.54. The van der Waals surface area contributed by atoms with E-state index < -0.39 is 17.7 Å². The van der Waals surface area contributed by atoms with E-state index in [9.17, 15) is 18.0 Å². The Morgan fingerprint density at radius 2 is 1.88 bits per heavy atom. The standard InChI is InChI=1S/C31H28BrF3N6OS/c32-25-5-3-6-26(12-25)39-30(43)40(18-23-4-1-2-7-28(23)31(33,34)35)19-24(15-37)29(42)13-27-16-38-20-41(27)17-22-10-8-21(14-36)9-11-22/h1-12,16,20,24H,13,15,17-19,37H2,(H,39,43)/t24-/m0/s1. The van der Waals surface area contributed by atoms with E-state index in [4.69, 9.17) is 23.2 Å². The van der Waals surface area contributed by atoms with E-state index in [1.54, 1.807) is 47.8 Å². The van der Waals surface area contributed by atoms with Crippen molar-refractivity contribution in [3.63, 3.8) is 0 Å². The number of imidazole rings is 1. The van der Waals surface area contributed by atoms with Crippen LogP contribution < -0.4 is 11.1 Å². The van der Waals surface area contributed by atoms with Gasteiger partial charge in [0.1, 0.15) is 5.78 Å². The van der Waals surface area contributed by atoms with Crippen molar-refractivity contribution in [2.75, 3.05) is 18.4 Å². The van der Waals surface area contributed by atoms with E-state index in [1.165, 1.54) is 18.2 Å². The first-order valence-electron chi connectivity index (χ1n) is 13.2. The fourth-order valence-electron chi connectivity index (χ4n) is 4.54. The van der Waals surface area contributed by atoms with E-state index in [0.717, 1.165) is 16.1 Å². The van der Waals surface area contributed by atoms with Gasteiger partial charge in [0.25, 0.3) is 0 Å². The number of carbonyl (C=O) groups is 1. The molecule has 0 aliphatic heterocycles. The van der Waals surface area contributed by atoms with Gasteiger partial charge >= 0.3 is 6.18 Å². The van der Waals surface area contributed by atoms with Crippen LogP contribution in [0.4, 0.5) is 18.9 Å². The van der Waals surface area contributed by atoms with Crippen molar-refractivity contribution in [1.82, 2.24) is 14.5 Å². The first-order chi connectivity index (χ1) is 20.6. The molecular weight excluding hydrogens is 641 g/mol. The molecule has 0 aliphatic carbocycles. The van der Waals surface area contributed by atoms with E-state index >= 15 is 0 Å². The normalized spacial score (nSPS) is 11.9. The Bertz CT molecular complexity index is 1620. The molecule has 0 amide bonds. The molecule has 3 aromatic carbocycles. The minimum absolute atomic E-state index is 0.00508. The van der Waals surface area contributed by atoms with Gasteiger partial charge in [-0.1, -0.05) is 52.3 Å². The number of Topliss-reactive ketones (excluding diaryl/α,β-unsaturated/α-hetero) is 1. The van der Waals surface area contributed by atoms with Crippen LogP contribution in [0.1, 0.15) is 27.9 Å². The maximum absolute atomic E-state index is 13.8. The van der Waals surface area contributed by atoms with Gasteiger partial charge < -0.3 is 20.5 Å². The highest BCUT2D eigenvalue weighted by atomic mass is 79.9. The summed E-state index contributed by atoms with van der Waals surface area (Å²) in [6, 6.07) is 21.7. The van der Waals surface area contributed by atoms with E-state index in [0.29, 0.717) is 23.5 Å². The van der Waals surface area contributed by atoms with E-state index in [1.807, 2.05) is 22.8 Å². The van der Waals surface area contributed by atoms with Crippen LogP contribution in [0, 0.1) is 17.2 Å². The summed E-state index contributed by atoms with van der Waals surface area (Å²) < 4.78 is 44.1. The molecule has 4 rings (SSSR count). The second-order valence-electron chi connectivity index (χ2n) is 9.87. The summed E-state index contributed by atoms with van der Waals surface area (Å²) >= 11 is 9.05. The highest BCUT2D eigenvalue weighted by Crippen LogP contribution is 2.32. The molecule has 1 heterocycles. The molecule has 0 saturated carbocycles. The van der Waals surface area contributed by atoms with E-state index in [-0.39, 0.29) is 42.5 Å². The zero-order valence-electron chi connectivity index (χ0n) is 22.9. The van der Waals surface area contributed by atoms with Crippen LogP contribution in [0.5, 0.6) is 0 Å². The molecule has 0 spiro atoms. The molecule has 0 saturated heterocycles. The number of anilines is 1. The molecular formula is C31H28BrF3N6OS. The topological polar surface area (TPSA) is 100.0 Å². The Morgan fingerprint density at radius 3 is 2.56 bits per heavy atom. The Morgan fingerprint density at radius 1 is 1.14 bits per heavy atom. The van der Waals surface area contributed by atoms with Crippen molar-refractivity contribution in [2.45, 2.75) is 25.7 Å². The summed E-state index contributed by atoms with van der Waals surface area (Å²) in [5.74, 6) is -0.915. The van der Waals surface area contributed by atoms with Crippen molar-refractivity contribution < 1.29 is 18.0 Å². The zero-order chi connectivity index (χ0) is 31.0. The minimum Gasteiger partial charge on any atom is -0.344 e. The second-order valence-corrected chi connectivity index (χ2v) is 11.2. The third-order valence-electron chi connectivity index (χ3n) is 6.82. The Kier molecular flexibility index (Phi) is 10.7. The number of aromatic nitrogens is 2. The number of hydrogen-bond acceptors (Lipinski definition) is 5. The molecule has 3 N–H and O–H groups in total. The fourth-order valence-corrected chi connectivity index (χ4v) is 5.20.